The van der Waals surface area contributed by atoms with E-state index in [1.54, 1.807) is 7.11 Å². The smallest absolute Gasteiger partial charge is 0.163 e. The second kappa shape index (κ2) is 6.89. The Morgan fingerprint density at radius 3 is 2.75 bits per heavy atom. The Kier molecular flexibility index (Phi) is 5.18. The van der Waals surface area contributed by atoms with E-state index in [-0.39, 0.29) is 11.9 Å². The Hall–Kier alpha value is -1.35. The summed E-state index contributed by atoms with van der Waals surface area (Å²) in [6.07, 6.45) is 5.14. The van der Waals surface area contributed by atoms with Gasteiger partial charge in [-0.25, -0.2) is 0 Å². The molecule has 2 rings (SSSR count). The topological polar surface area (TPSA) is 35.5 Å². The quantitative estimate of drug-likeness (QED) is 0.766. The summed E-state index contributed by atoms with van der Waals surface area (Å²) in [5.41, 5.74) is 2.82. The number of benzene rings is 1. The Morgan fingerprint density at radius 1 is 1.30 bits per heavy atom. The molecule has 1 heterocycles. The molecule has 0 amide bonds. The van der Waals surface area contributed by atoms with Gasteiger partial charge in [0.15, 0.2) is 5.78 Å². The van der Waals surface area contributed by atoms with E-state index < -0.39 is 0 Å². The van der Waals surface area contributed by atoms with Gasteiger partial charge < -0.3 is 9.47 Å². The van der Waals surface area contributed by atoms with Gasteiger partial charge in [0, 0.05) is 18.6 Å². The molecule has 1 aliphatic rings. The summed E-state index contributed by atoms with van der Waals surface area (Å²) >= 11 is 0. The highest BCUT2D eigenvalue weighted by Crippen LogP contribution is 2.25. The minimum Gasteiger partial charge on any atom is -0.496 e. The van der Waals surface area contributed by atoms with Gasteiger partial charge in [-0.3, -0.25) is 4.79 Å². The first-order chi connectivity index (χ1) is 9.61. The Morgan fingerprint density at radius 2 is 2.10 bits per heavy atom. The first kappa shape index (κ1) is 15.0. The molecule has 1 aromatic carbocycles. The number of aryl methyl sites for hydroxylation is 2. The van der Waals surface area contributed by atoms with Crippen molar-refractivity contribution in [3.63, 3.8) is 0 Å². The molecular formula is C17H24O3. The second-order valence-corrected chi connectivity index (χ2v) is 5.59. The summed E-state index contributed by atoms with van der Waals surface area (Å²) in [6.45, 7) is 4.78. The maximum Gasteiger partial charge on any atom is 0.163 e. The Labute approximate surface area is 121 Å². The van der Waals surface area contributed by atoms with Crippen LogP contribution in [0.4, 0.5) is 0 Å². The van der Waals surface area contributed by atoms with Crippen LogP contribution in [-0.2, 0) is 4.74 Å². The summed E-state index contributed by atoms with van der Waals surface area (Å²) in [6, 6.07) is 3.89. The van der Waals surface area contributed by atoms with Gasteiger partial charge in [-0.05, 0) is 62.8 Å². The first-order valence-electron chi connectivity index (χ1n) is 7.42. The standard InChI is InChI=1S/C17H24O3/c1-12-11-17(19-3)13(2)10-15(12)16(18)8-7-14-6-4-5-9-20-14/h10-11,14H,4-9H2,1-3H3. The van der Waals surface area contributed by atoms with E-state index in [1.165, 1.54) is 6.42 Å². The minimum atomic E-state index is 0.211. The lowest BCUT2D eigenvalue weighted by atomic mass is 9.96. The van der Waals surface area contributed by atoms with E-state index in [4.69, 9.17) is 9.47 Å². The molecule has 0 radical (unpaired) electrons. The van der Waals surface area contributed by atoms with Crippen LogP contribution >= 0.6 is 0 Å². The van der Waals surface area contributed by atoms with Crippen LogP contribution in [0.1, 0.15) is 53.6 Å². The molecule has 1 aliphatic heterocycles. The van der Waals surface area contributed by atoms with Gasteiger partial charge in [-0.15, -0.1) is 0 Å². The van der Waals surface area contributed by atoms with Gasteiger partial charge in [-0.2, -0.15) is 0 Å². The van der Waals surface area contributed by atoms with Crippen LogP contribution in [0.2, 0.25) is 0 Å². The number of ether oxygens (including phenoxy) is 2. The average Bonchev–Trinajstić information content (AvgIpc) is 2.47. The third-order valence-corrected chi connectivity index (χ3v) is 4.01. The molecule has 0 aliphatic carbocycles. The third-order valence-electron chi connectivity index (χ3n) is 4.01. The number of carbonyl (C=O) groups is 1. The molecule has 3 nitrogen and oxygen atoms in total. The first-order valence-corrected chi connectivity index (χ1v) is 7.42. The zero-order chi connectivity index (χ0) is 14.5. The maximum atomic E-state index is 12.4. The number of carbonyl (C=O) groups excluding carboxylic acids is 1. The predicted molar refractivity (Wildman–Crippen MR) is 79.6 cm³/mol. The second-order valence-electron chi connectivity index (χ2n) is 5.59. The van der Waals surface area contributed by atoms with Crippen molar-refractivity contribution in [1.29, 1.82) is 0 Å². The zero-order valence-corrected chi connectivity index (χ0v) is 12.7. The molecule has 1 aromatic rings. The molecule has 0 saturated carbocycles. The highest BCUT2D eigenvalue weighted by atomic mass is 16.5. The molecular weight excluding hydrogens is 252 g/mol. The lowest BCUT2D eigenvalue weighted by Gasteiger charge is -2.22. The van der Waals surface area contributed by atoms with Crippen LogP contribution in [0, 0.1) is 13.8 Å². The number of methoxy groups -OCH3 is 1. The monoisotopic (exact) mass is 276 g/mol. The Balaban J connectivity index is 1.99. The predicted octanol–water partition coefficient (Wildman–Crippen LogP) is 3.84. The summed E-state index contributed by atoms with van der Waals surface area (Å²) in [5.74, 6) is 1.05. The fraction of sp³-hybridized carbons (Fsp3) is 0.588. The van der Waals surface area contributed by atoms with E-state index in [9.17, 15) is 4.79 Å². The van der Waals surface area contributed by atoms with Crippen molar-refractivity contribution >= 4 is 5.78 Å². The summed E-state index contributed by atoms with van der Waals surface area (Å²) in [5, 5.41) is 0. The van der Waals surface area contributed by atoms with Crippen LogP contribution in [0.3, 0.4) is 0 Å². The van der Waals surface area contributed by atoms with E-state index in [0.29, 0.717) is 6.42 Å². The van der Waals surface area contributed by atoms with Crippen LogP contribution < -0.4 is 4.74 Å². The molecule has 0 spiro atoms. The van der Waals surface area contributed by atoms with E-state index in [1.807, 2.05) is 26.0 Å². The van der Waals surface area contributed by atoms with Crippen LogP contribution in [0.15, 0.2) is 12.1 Å². The number of rotatable bonds is 5. The van der Waals surface area contributed by atoms with Crippen molar-refractivity contribution < 1.29 is 14.3 Å². The molecule has 0 aromatic heterocycles. The molecule has 1 fully saturated rings. The minimum absolute atomic E-state index is 0.211. The van der Waals surface area contributed by atoms with Gasteiger partial charge in [0.2, 0.25) is 0 Å². The highest BCUT2D eigenvalue weighted by Gasteiger charge is 2.17. The lowest BCUT2D eigenvalue weighted by Crippen LogP contribution is -2.20. The van der Waals surface area contributed by atoms with Crippen molar-refractivity contribution in [2.24, 2.45) is 0 Å². The van der Waals surface area contributed by atoms with Crippen LogP contribution in [-0.4, -0.2) is 25.6 Å². The van der Waals surface area contributed by atoms with Crippen molar-refractivity contribution in [2.45, 2.75) is 52.1 Å². The Bertz CT molecular complexity index is 473. The van der Waals surface area contributed by atoms with E-state index in [2.05, 4.69) is 0 Å². The van der Waals surface area contributed by atoms with Crippen LogP contribution in [0.5, 0.6) is 5.75 Å². The molecule has 0 N–H and O–H groups in total. The molecule has 1 unspecified atom stereocenters. The van der Waals surface area contributed by atoms with Gasteiger partial charge in [0.05, 0.1) is 13.2 Å². The zero-order valence-electron chi connectivity index (χ0n) is 12.7. The summed E-state index contributed by atoms with van der Waals surface area (Å²) in [4.78, 5) is 12.4. The molecule has 1 saturated heterocycles. The molecule has 1 atom stereocenters. The molecule has 0 bridgehead atoms. The molecule has 110 valence electrons. The third kappa shape index (κ3) is 3.60. The molecule has 3 heteroatoms. The van der Waals surface area contributed by atoms with Gasteiger partial charge in [-0.1, -0.05) is 0 Å². The van der Waals surface area contributed by atoms with E-state index in [0.717, 1.165) is 48.3 Å². The lowest BCUT2D eigenvalue weighted by molar-refractivity contribution is 0.0104. The summed E-state index contributed by atoms with van der Waals surface area (Å²) in [7, 11) is 1.66. The van der Waals surface area contributed by atoms with E-state index >= 15 is 0 Å². The largest absolute Gasteiger partial charge is 0.496 e. The van der Waals surface area contributed by atoms with Crippen molar-refractivity contribution in [3.8, 4) is 5.75 Å². The number of hydrogen-bond acceptors (Lipinski definition) is 3. The summed E-state index contributed by atoms with van der Waals surface area (Å²) < 4.78 is 11.0. The number of Topliss-reactive ketones (excluding diaryl/α,β-unsaturated/α-hetero) is 1. The maximum absolute atomic E-state index is 12.4. The highest BCUT2D eigenvalue weighted by molar-refractivity contribution is 5.97. The fourth-order valence-electron chi connectivity index (χ4n) is 2.77. The van der Waals surface area contributed by atoms with Crippen molar-refractivity contribution in [3.05, 3.63) is 28.8 Å². The SMILES string of the molecule is COc1cc(C)c(C(=O)CCC2CCCCO2)cc1C. The van der Waals surface area contributed by atoms with Crippen LogP contribution in [0.25, 0.3) is 0 Å². The van der Waals surface area contributed by atoms with Gasteiger partial charge in [0.1, 0.15) is 5.75 Å². The van der Waals surface area contributed by atoms with Gasteiger partial charge in [0.25, 0.3) is 0 Å². The fourth-order valence-corrected chi connectivity index (χ4v) is 2.77. The van der Waals surface area contributed by atoms with Gasteiger partial charge >= 0.3 is 0 Å². The van der Waals surface area contributed by atoms with Crippen molar-refractivity contribution in [1.82, 2.24) is 0 Å². The average molecular weight is 276 g/mol. The number of hydrogen-bond donors (Lipinski definition) is 0. The molecule has 20 heavy (non-hydrogen) atoms. The van der Waals surface area contributed by atoms with Crippen molar-refractivity contribution in [2.75, 3.05) is 13.7 Å². The number of ketones is 1. The normalized spacial score (nSPS) is 18.9.